The van der Waals surface area contributed by atoms with Crippen LogP contribution in [0.3, 0.4) is 0 Å². The fourth-order valence-electron chi connectivity index (χ4n) is 2.68. The third-order valence-electron chi connectivity index (χ3n) is 3.73. The smallest absolute Gasteiger partial charge is 0.108 e. The SMILES string of the molecule is COCc1cn(C[C@H]2C[C@@H](N(C)C)[C@H](O)[C@@H]2O)nn1.Cl.Cl. The average Bonchev–Trinajstić information content (AvgIpc) is 2.90. The second-order valence-electron chi connectivity index (χ2n) is 5.37. The van der Waals surface area contributed by atoms with Crippen molar-refractivity contribution < 1.29 is 14.9 Å². The van der Waals surface area contributed by atoms with Crippen LogP contribution in [0.15, 0.2) is 6.20 Å². The molecule has 2 rings (SSSR count). The Morgan fingerprint density at radius 2 is 2.00 bits per heavy atom. The molecule has 21 heavy (non-hydrogen) atoms. The van der Waals surface area contributed by atoms with Crippen LogP contribution in [-0.4, -0.2) is 69.6 Å². The van der Waals surface area contributed by atoms with Gasteiger partial charge in [-0.25, -0.2) is 0 Å². The topological polar surface area (TPSA) is 83.6 Å². The molecule has 9 heteroatoms. The number of ether oxygens (including phenoxy) is 1. The lowest BCUT2D eigenvalue weighted by molar-refractivity contribution is -0.00569. The van der Waals surface area contributed by atoms with Crippen LogP contribution in [0, 0.1) is 5.92 Å². The van der Waals surface area contributed by atoms with Gasteiger partial charge in [-0.05, 0) is 20.5 Å². The number of aromatic nitrogens is 3. The summed E-state index contributed by atoms with van der Waals surface area (Å²) in [5.41, 5.74) is 0.764. The molecular formula is C12H24Cl2N4O3. The Morgan fingerprint density at radius 1 is 1.33 bits per heavy atom. The number of likely N-dealkylation sites (N-methyl/N-ethyl adjacent to an activating group) is 1. The lowest BCUT2D eigenvalue weighted by Gasteiger charge is -2.22. The highest BCUT2D eigenvalue weighted by Crippen LogP contribution is 2.30. The van der Waals surface area contributed by atoms with Gasteiger partial charge in [-0.15, -0.1) is 29.9 Å². The second kappa shape index (κ2) is 8.87. The first-order chi connectivity index (χ1) is 9.02. The summed E-state index contributed by atoms with van der Waals surface area (Å²) in [6.45, 7) is 0.982. The van der Waals surface area contributed by atoms with Crippen molar-refractivity contribution in [2.24, 2.45) is 5.92 Å². The van der Waals surface area contributed by atoms with Gasteiger partial charge in [0.1, 0.15) is 5.69 Å². The van der Waals surface area contributed by atoms with E-state index in [9.17, 15) is 10.2 Å². The molecule has 4 atom stereocenters. The fourth-order valence-corrected chi connectivity index (χ4v) is 2.68. The maximum absolute atomic E-state index is 10.1. The minimum Gasteiger partial charge on any atom is -0.390 e. The molecule has 1 aliphatic rings. The molecule has 0 spiro atoms. The number of methoxy groups -OCH3 is 1. The van der Waals surface area contributed by atoms with E-state index in [-0.39, 0.29) is 36.8 Å². The third kappa shape index (κ3) is 4.77. The molecule has 124 valence electrons. The number of aliphatic hydroxyl groups is 2. The van der Waals surface area contributed by atoms with Crippen molar-refractivity contribution in [3.05, 3.63) is 11.9 Å². The third-order valence-corrected chi connectivity index (χ3v) is 3.73. The lowest BCUT2D eigenvalue weighted by Crippen LogP contribution is -2.39. The van der Waals surface area contributed by atoms with Crippen molar-refractivity contribution in [2.75, 3.05) is 21.2 Å². The molecule has 1 aliphatic carbocycles. The fraction of sp³-hybridized carbons (Fsp3) is 0.833. The normalized spacial score (nSPS) is 28.3. The van der Waals surface area contributed by atoms with Crippen molar-refractivity contribution in [2.45, 2.75) is 37.8 Å². The summed E-state index contributed by atoms with van der Waals surface area (Å²) in [5, 5.41) is 28.1. The van der Waals surface area contributed by atoms with Gasteiger partial charge in [0.15, 0.2) is 0 Å². The van der Waals surface area contributed by atoms with Gasteiger partial charge in [0.2, 0.25) is 0 Å². The first kappa shape index (κ1) is 20.6. The van der Waals surface area contributed by atoms with Crippen LogP contribution >= 0.6 is 24.8 Å². The van der Waals surface area contributed by atoms with Crippen molar-refractivity contribution in [3.63, 3.8) is 0 Å². The Bertz CT molecular complexity index is 419. The molecule has 1 saturated carbocycles. The number of hydrogen-bond acceptors (Lipinski definition) is 6. The summed E-state index contributed by atoms with van der Waals surface area (Å²) in [4.78, 5) is 1.95. The van der Waals surface area contributed by atoms with Gasteiger partial charge in [-0.1, -0.05) is 5.21 Å². The van der Waals surface area contributed by atoms with Gasteiger partial charge < -0.3 is 19.8 Å². The Balaban J connectivity index is 0.00000200. The maximum atomic E-state index is 10.1. The predicted octanol–water partition coefficient (Wildman–Crippen LogP) is -0.0600. The van der Waals surface area contributed by atoms with Crippen LogP contribution in [0.25, 0.3) is 0 Å². The van der Waals surface area contributed by atoms with Crippen LogP contribution in [0.5, 0.6) is 0 Å². The van der Waals surface area contributed by atoms with Crippen molar-refractivity contribution in [1.82, 2.24) is 19.9 Å². The average molecular weight is 343 g/mol. The van der Waals surface area contributed by atoms with Gasteiger partial charge in [0.05, 0.1) is 25.0 Å². The monoisotopic (exact) mass is 342 g/mol. The first-order valence-electron chi connectivity index (χ1n) is 6.43. The molecule has 1 aromatic rings. The highest BCUT2D eigenvalue weighted by Gasteiger charge is 2.42. The molecule has 0 radical (unpaired) electrons. The molecular weight excluding hydrogens is 319 g/mol. The van der Waals surface area contributed by atoms with Gasteiger partial charge in [-0.2, -0.15) is 0 Å². The zero-order valence-electron chi connectivity index (χ0n) is 12.4. The Kier molecular flexibility index (Phi) is 8.69. The molecule has 7 nitrogen and oxygen atoms in total. The highest BCUT2D eigenvalue weighted by molar-refractivity contribution is 5.85. The van der Waals surface area contributed by atoms with Gasteiger partial charge >= 0.3 is 0 Å². The number of rotatable bonds is 5. The summed E-state index contributed by atoms with van der Waals surface area (Å²) in [6, 6.07) is -0.0121. The largest absolute Gasteiger partial charge is 0.390 e. The molecule has 1 heterocycles. The van der Waals surface area contributed by atoms with E-state index in [0.717, 1.165) is 12.1 Å². The number of hydrogen-bond donors (Lipinski definition) is 2. The number of aliphatic hydroxyl groups excluding tert-OH is 2. The molecule has 0 bridgehead atoms. The van der Waals surface area contributed by atoms with Crippen LogP contribution in [0.1, 0.15) is 12.1 Å². The summed E-state index contributed by atoms with van der Waals surface area (Å²) in [7, 11) is 5.43. The van der Waals surface area contributed by atoms with E-state index < -0.39 is 12.2 Å². The summed E-state index contributed by atoms with van der Waals surface area (Å²) in [5.74, 6) is -0.0144. The standard InChI is InChI=1S/C12H22N4O3.2ClH/c1-15(2)10-4-8(11(17)12(10)18)5-16-6-9(7-19-3)13-14-16;;/h6,8,10-12,17-18H,4-5,7H2,1-3H3;2*1H/t8-,10-,11-,12+;;/m1../s1. The molecule has 1 fully saturated rings. The van der Waals surface area contributed by atoms with Crippen LogP contribution in [0.4, 0.5) is 0 Å². The van der Waals surface area contributed by atoms with Crippen molar-refractivity contribution >= 4 is 24.8 Å². The van der Waals surface area contributed by atoms with E-state index in [2.05, 4.69) is 10.3 Å². The Morgan fingerprint density at radius 3 is 2.52 bits per heavy atom. The molecule has 0 saturated heterocycles. The summed E-state index contributed by atoms with van der Waals surface area (Å²) < 4.78 is 6.69. The zero-order chi connectivity index (χ0) is 14.0. The lowest BCUT2D eigenvalue weighted by atomic mass is 10.1. The van der Waals surface area contributed by atoms with E-state index in [1.54, 1.807) is 11.8 Å². The van der Waals surface area contributed by atoms with E-state index in [1.807, 2.05) is 25.2 Å². The van der Waals surface area contributed by atoms with Gasteiger partial charge in [0, 0.05) is 25.6 Å². The molecule has 1 aromatic heterocycles. The van der Waals surface area contributed by atoms with E-state index in [4.69, 9.17) is 4.74 Å². The number of nitrogens with zero attached hydrogens (tertiary/aromatic N) is 4. The van der Waals surface area contributed by atoms with Crippen LogP contribution < -0.4 is 0 Å². The maximum Gasteiger partial charge on any atom is 0.108 e. The predicted molar refractivity (Wildman–Crippen MR) is 82.8 cm³/mol. The van der Waals surface area contributed by atoms with Crippen molar-refractivity contribution in [1.29, 1.82) is 0 Å². The minimum absolute atomic E-state index is 0. The molecule has 0 aliphatic heterocycles. The van der Waals surface area contributed by atoms with Crippen LogP contribution in [-0.2, 0) is 17.9 Å². The number of halogens is 2. The molecule has 0 aromatic carbocycles. The molecule has 0 amide bonds. The quantitative estimate of drug-likeness (QED) is 0.779. The minimum atomic E-state index is -0.720. The van der Waals surface area contributed by atoms with E-state index in [1.165, 1.54) is 0 Å². The summed E-state index contributed by atoms with van der Waals surface area (Å²) in [6.07, 6.45) is 1.13. The Labute approximate surface area is 137 Å². The van der Waals surface area contributed by atoms with Crippen molar-refractivity contribution in [3.8, 4) is 0 Å². The van der Waals surface area contributed by atoms with Gasteiger partial charge in [0.25, 0.3) is 0 Å². The summed E-state index contributed by atoms with van der Waals surface area (Å²) >= 11 is 0. The molecule has 0 unspecified atom stereocenters. The first-order valence-corrected chi connectivity index (χ1v) is 6.43. The second-order valence-corrected chi connectivity index (χ2v) is 5.37. The van der Waals surface area contributed by atoms with E-state index in [0.29, 0.717) is 13.2 Å². The van der Waals surface area contributed by atoms with E-state index >= 15 is 0 Å². The zero-order valence-corrected chi connectivity index (χ0v) is 14.0. The molecule has 2 N–H and O–H groups in total. The van der Waals surface area contributed by atoms with Crippen LogP contribution in [0.2, 0.25) is 0 Å². The highest BCUT2D eigenvalue weighted by atomic mass is 35.5. The van der Waals surface area contributed by atoms with Gasteiger partial charge in [-0.3, -0.25) is 4.68 Å². The Hall–Kier alpha value is -0.440.